The normalized spacial score (nSPS) is 31.2. The summed E-state index contributed by atoms with van der Waals surface area (Å²) >= 11 is 0. The Bertz CT molecular complexity index is 396. The first-order chi connectivity index (χ1) is 8.33. The molecule has 0 aromatic heterocycles. The van der Waals surface area contributed by atoms with Crippen LogP contribution in [0.3, 0.4) is 0 Å². The molecule has 1 aromatic carbocycles. The Morgan fingerprint density at radius 2 is 1.88 bits per heavy atom. The molecule has 90 valence electrons. The molecule has 0 aliphatic carbocycles. The number of rotatable bonds is 2. The lowest BCUT2D eigenvalue weighted by Crippen LogP contribution is -2.51. The van der Waals surface area contributed by atoms with Crippen LogP contribution >= 0.6 is 0 Å². The smallest absolute Gasteiger partial charge is 0.229 e. The third kappa shape index (κ3) is 2.20. The van der Waals surface area contributed by atoms with E-state index in [1.165, 1.54) is 25.9 Å². The lowest BCUT2D eigenvalue weighted by Gasteiger charge is -2.43. The van der Waals surface area contributed by atoms with Gasteiger partial charge in [-0.05, 0) is 44.0 Å². The van der Waals surface area contributed by atoms with Crippen molar-refractivity contribution in [3.63, 3.8) is 0 Å². The Kier molecular flexibility index (Phi) is 2.85. The van der Waals surface area contributed by atoms with Gasteiger partial charge in [-0.25, -0.2) is 0 Å². The number of nitrogens with zero attached hydrogens (tertiary/aromatic N) is 1. The van der Waals surface area contributed by atoms with Crippen molar-refractivity contribution in [3.05, 3.63) is 30.3 Å². The summed E-state index contributed by atoms with van der Waals surface area (Å²) in [5.41, 5.74) is 0.911. The van der Waals surface area contributed by atoms with E-state index in [-0.39, 0.29) is 11.8 Å². The second-order valence-corrected chi connectivity index (χ2v) is 5.10. The number of anilines is 1. The van der Waals surface area contributed by atoms with Gasteiger partial charge in [0.25, 0.3) is 0 Å². The van der Waals surface area contributed by atoms with Crippen molar-refractivity contribution >= 4 is 11.6 Å². The van der Waals surface area contributed by atoms with Crippen LogP contribution in [-0.2, 0) is 4.79 Å². The quantitative estimate of drug-likeness (QED) is 0.842. The zero-order chi connectivity index (χ0) is 11.7. The number of hydrogen-bond acceptors (Lipinski definition) is 2. The fraction of sp³-hybridized carbons (Fsp3) is 0.500. The zero-order valence-corrected chi connectivity index (χ0v) is 9.93. The fourth-order valence-corrected chi connectivity index (χ4v) is 3.02. The van der Waals surface area contributed by atoms with Crippen LogP contribution in [0.4, 0.5) is 5.69 Å². The minimum absolute atomic E-state index is 0.192. The molecule has 1 aromatic rings. The topological polar surface area (TPSA) is 32.3 Å². The second-order valence-electron chi connectivity index (χ2n) is 5.10. The monoisotopic (exact) mass is 230 g/mol. The molecule has 3 aliphatic heterocycles. The minimum atomic E-state index is 0.192. The van der Waals surface area contributed by atoms with Crippen molar-refractivity contribution < 1.29 is 4.79 Å². The van der Waals surface area contributed by atoms with Crippen molar-refractivity contribution in [2.75, 3.05) is 25.0 Å². The van der Waals surface area contributed by atoms with Gasteiger partial charge in [0.2, 0.25) is 5.91 Å². The highest BCUT2D eigenvalue weighted by molar-refractivity contribution is 5.93. The maximum Gasteiger partial charge on any atom is 0.229 e. The molecule has 0 radical (unpaired) electrons. The van der Waals surface area contributed by atoms with Crippen molar-refractivity contribution in [3.8, 4) is 0 Å². The number of hydrogen-bond donors (Lipinski definition) is 1. The van der Waals surface area contributed by atoms with Crippen LogP contribution in [0.5, 0.6) is 0 Å². The zero-order valence-electron chi connectivity index (χ0n) is 9.93. The third-order valence-corrected chi connectivity index (χ3v) is 4.03. The van der Waals surface area contributed by atoms with Crippen LogP contribution in [0.25, 0.3) is 0 Å². The number of nitrogens with one attached hydrogen (secondary N) is 1. The summed E-state index contributed by atoms with van der Waals surface area (Å²) in [5.74, 6) is 0.993. The average molecular weight is 230 g/mol. The molecular formula is C14H18N2O. The summed E-state index contributed by atoms with van der Waals surface area (Å²) in [6.07, 6.45) is 2.37. The summed E-state index contributed by atoms with van der Waals surface area (Å²) in [5, 5.41) is 3.03. The van der Waals surface area contributed by atoms with Gasteiger partial charge in [0.1, 0.15) is 0 Å². The highest BCUT2D eigenvalue weighted by Gasteiger charge is 2.38. The molecule has 1 N–H and O–H groups in total. The highest BCUT2D eigenvalue weighted by atomic mass is 16.1. The van der Waals surface area contributed by atoms with E-state index >= 15 is 0 Å². The number of benzene rings is 1. The number of fused-ring (bicyclic) bond motifs is 3. The Balaban J connectivity index is 1.67. The van der Waals surface area contributed by atoms with E-state index in [2.05, 4.69) is 10.2 Å². The Labute approximate surface area is 102 Å². The molecule has 2 bridgehead atoms. The Morgan fingerprint density at radius 1 is 1.18 bits per heavy atom. The largest absolute Gasteiger partial charge is 0.326 e. The van der Waals surface area contributed by atoms with E-state index in [0.717, 1.165) is 12.2 Å². The van der Waals surface area contributed by atoms with E-state index in [4.69, 9.17) is 0 Å². The predicted molar refractivity (Wildman–Crippen MR) is 67.7 cm³/mol. The van der Waals surface area contributed by atoms with E-state index in [1.54, 1.807) is 0 Å². The van der Waals surface area contributed by atoms with Crippen molar-refractivity contribution in [1.29, 1.82) is 0 Å². The van der Waals surface area contributed by atoms with Gasteiger partial charge in [-0.1, -0.05) is 18.2 Å². The van der Waals surface area contributed by atoms with Crippen LogP contribution < -0.4 is 5.32 Å². The van der Waals surface area contributed by atoms with Gasteiger partial charge >= 0.3 is 0 Å². The molecule has 3 heteroatoms. The van der Waals surface area contributed by atoms with Crippen molar-refractivity contribution in [1.82, 2.24) is 4.90 Å². The first-order valence-electron chi connectivity index (χ1n) is 6.41. The van der Waals surface area contributed by atoms with E-state index in [0.29, 0.717) is 5.92 Å². The molecule has 0 spiro atoms. The average Bonchev–Trinajstić information content (AvgIpc) is 2.41. The number of piperidine rings is 3. The Morgan fingerprint density at radius 3 is 2.47 bits per heavy atom. The van der Waals surface area contributed by atoms with Crippen molar-refractivity contribution in [2.24, 2.45) is 11.8 Å². The number of carbonyl (C=O) groups excluding carboxylic acids is 1. The van der Waals surface area contributed by atoms with Gasteiger partial charge in [-0.3, -0.25) is 4.79 Å². The molecule has 3 fully saturated rings. The van der Waals surface area contributed by atoms with Gasteiger partial charge in [0.15, 0.2) is 0 Å². The molecule has 17 heavy (non-hydrogen) atoms. The molecule has 1 amide bonds. The summed E-state index contributed by atoms with van der Waals surface area (Å²) in [6, 6.07) is 9.75. The number of amides is 1. The van der Waals surface area contributed by atoms with E-state index in [1.807, 2.05) is 30.3 Å². The number of para-hydroxylation sites is 1. The molecule has 0 unspecified atom stereocenters. The van der Waals surface area contributed by atoms with Crippen LogP contribution in [-0.4, -0.2) is 30.4 Å². The second kappa shape index (κ2) is 4.49. The van der Waals surface area contributed by atoms with Crippen molar-refractivity contribution in [2.45, 2.75) is 12.8 Å². The van der Waals surface area contributed by atoms with E-state index in [9.17, 15) is 4.79 Å². The van der Waals surface area contributed by atoms with Gasteiger partial charge < -0.3 is 10.2 Å². The first-order valence-corrected chi connectivity index (χ1v) is 6.41. The molecule has 0 saturated carbocycles. The summed E-state index contributed by atoms with van der Waals surface area (Å²) < 4.78 is 0. The fourth-order valence-electron chi connectivity index (χ4n) is 3.02. The third-order valence-electron chi connectivity index (χ3n) is 4.03. The SMILES string of the molecule is O=C(Nc1ccccc1)[C@@H]1CN2CCC1CC2. The van der Waals surface area contributed by atoms with Gasteiger partial charge in [0, 0.05) is 12.2 Å². The minimum Gasteiger partial charge on any atom is -0.326 e. The molecule has 4 rings (SSSR count). The number of carbonyl (C=O) groups is 1. The molecule has 3 saturated heterocycles. The van der Waals surface area contributed by atoms with Gasteiger partial charge in [-0.15, -0.1) is 0 Å². The summed E-state index contributed by atoms with van der Waals surface area (Å²) in [4.78, 5) is 14.6. The lowest BCUT2D eigenvalue weighted by atomic mass is 9.78. The van der Waals surface area contributed by atoms with Crippen LogP contribution in [0.1, 0.15) is 12.8 Å². The molecule has 3 heterocycles. The van der Waals surface area contributed by atoms with Crippen LogP contribution in [0, 0.1) is 11.8 Å². The molecular weight excluding hydrogens is 212 g/mol. The lowest BCUT2D eigenvalue weighted by molar-refractivity contribution is -0.125. The van der Waals surface area contributed by atoms with Gasteiger partial charge in [0.05, 0.1) is 5.92 Å². The maximum atomic E-state index is 12.2. The van der Waals surface area contributed by atoms with Crippen LogP contribution in [0.2, 0.25) is 0 Å². The Hall–Kier alpha value is -1.35. The molecule has 3 nitrogen and oxygen atoms in total. The molecule has 1 atom stereocenters. The van der Waals surface area contributed by atoms with E-state index < -0.39 is 0 Å². The predicted octanol–water partition coefficient (Wildman–Crippen LogP) is 1.97. The standard InChI is InChI=1S/C14H18N2O/c17-14(15-12-4-2-1-3-5-12)13-10-16-8-6-11(13)7-9-16/h1-5,11,13H,6-10H2,(H,15,17)/t13-/m1/s1. The first kappa shape index (κ1) is 10.8. The highest BCUT2D eigenvalue weighted by Crippen LogP contribution is 2.32. The summed E-state index contributed by atoms with van der Waals surface area (Å²) in [7, 11) is 0. The van der Waals surface area contributed by atoms with Crippen LogP contribution in [0.15, 0.2) is 30.3 Å². The maximum absolute atomic E-state index is 12.2. The van der Waals surface area contributed by atoms with Gasteiger partial charge in [-0.2, -0.15) is 0 Å². The summed E-state index contributed by atoms with van der Waals surface area (Å²) in [6.45, 7) is 3.31. The molecule has 3 aliphatic rings.